The third-order valence-electron chi connectivity index (χ3n) is 5.54. The van der Waals surface area contributed by atoms with Gasteiger partial charge in [0.15, 0.2) is 5.65 Å². The molecule has 0 spiro atoms. The molecule has 0 fully saturated rings. The summed E-state index contributed by atoms with van der Waals surface area (Å²) in [6.45, 7) is 7.63. The maximum atomic E-state index is 12.5. The van der Waals surface area contributed by atoms with Crippen LogP contribution in [0.25, 0.3) is 5.65 Å². The van der Waals surface area contributed by atoms with Crippen molar-refractivity contribution in [2.45, 2.75) is 46.6 Å². The lowest BCUT2D eigenvalue weighted by molar-refractivity contribution is -0.119. The Morgan fingerprint density at radius 3 is 2.42 bits per heavy atom. The van der Waals surface area contributed by atoms with Gasteiger partial charge in [-0.05, 0) is 63.9 Å². The minimum Gasteiger partial charge on any atom is -0.326 e. The highest BCUT2D eigenvalue weighted by Gasteiger charge is 2.16. The quantitative estimate of drug-likeness (QED) is 0.450. The Morgan fingerprint density at radius 1 is 1.06 bits per heavy atom. The zero-order valence-electron chi connectivity index (χ0n) is 19.0. The summed E-state index contributed by atoms with van der Waals surface area (Å²) in [4.78, 5) is 33.3. The van der Waals surface area contributed by atoms with E-state index in [1.165, 1.54) is 17.3 Å². The molecule has 170 valence electrons. The van der Waals surface area contributed by atoms with Gasteiger partial charge in [-0.3, -0.25) is 9.59 Å². The van der Waals surface area contributed by atoms with Gasteiger partial charge in [0.05, 0.1) is 5.69 Å². The van der Waals surface area contributed by atoms with E-state index in [1.54, 1.807) is 31.2 Å². The summed E-state index contributed by atoms with van der Waals surface area (Å²) in [7, 11) is 0. The van der Waals surface area contributed by atoms with Crippen LogP contribution in [0.4, 0.5) is 11.4 Å². The van der Waals surface area contributed by atoms with Crippen molar-refractivity contribution in [3.8, 4) is 0 Å². The highest BCUT2D eigenvalue weighted by molar-refractivity contribution is 5.94. The third-order valence-corrected chi connectivity index (χ3v) is 5.54. The summed E-state index contributed by atoms with van der Waals surface area (Å²) in [6.07, 6.45) is 3.77. The zero-order chi connectivity index (χ0) is 23.5. The van der Waals surface area contributed by atoms with Crippen LogP contribution >= 0.6 is 0 Å². The van der Waals surface area contributed by atoms with E-state index in [2.05, 4.69) is 30.8 Å². The molecule has 0 aliphatic heterocycles. The van der Waals surface area contributed by atoms with Crippen LogP contribution in [0.2, 0.25) is 0 Å². The topological polar surface area (TPSA) is 119 Å². The number of aryl methyl sites for hydroxylation is 3. The smallest absolute Gasteiger partial charge is 0.249 e. The van der Waals surface area contributed by atoms with Crippen molar-refractivity contribution in [3.05, 3.63) is 65.6 Å². The highest BCUT2D eigenvalue weighted by Crippen LogP contribution is 2.19. The number of fused-ring (bicyclic) bond motifs is 1. The van der Waals surface area contributed by atoms with Gasteiger partial charge < -0.3 is 10.6 Å². The molecule has 0 aliphatic rings. The first-order valence-electron chi connectivity index (χ1n) is 10.7. The van der Waals surface area contributed by atoms with Gasteiger partial charge in [0.25, 0.3) is 0 Å². The number of carbonyl (C=O) groups excluding carboxylic acids is 2. The predicted octanol–water partition coefficient (Wildman–Crippen LogP) is 3.02. The second-order valence-electron chi connectivity index (χ2n) is 7.98. The minimum absolute atomic E-state index is 0.0952. The van der Waals surface area contributed by atoms with Gasteiger partial charge in [-0.25, -0.2) is 19.2 Å². The lowest BCUT2D eigenvalue weighted by atomic mass is 10.1. The summed E-state index contributed by atoms with van der Waals surface area (Å²) >= 11 is 0. The number of amides is 2. The Hall–Kier alpha value is -4.08. The number of aromatic nitrogens is 6. The molecule has 1 aromatic carbocycles. The number of hydrogen-bond donors (Lipinski definition) is 2. The van der Waals surface area contributed by atoms with Crippen LogP contribution in [0.5, 0.6) is 0 Å². The van der Waals surface area contributed by atoms with Crippen LogP contribution in [0.15, 0.2) is 43.0 Å². The van der Waals surface area contributed by atoms with Crippen molar-refractivity contribution in [2.75, 3.05) is 10.6 Å². The van der Waals surface area contributed by atoms with Crippen LogP contribution in [0.1, 0.15) is 42.0 Å². The zero-order valence-corrected chi connectivity index (χ0v) is 19.0. The average Bonchev–Trinajstić information content (AvgIpc) is 3.44. The van der Waals surface area contributed by atoms with Crippen LogP contribution in [0.3, 0.4) is 0 Å². The molecule has 0 radical (unpaired) electrons. The number of benzene rings is 1. The van der Waals surface area contributed by atoms with E-state index in [4.69, 9.17) is 0 Å². The molecule has 33 heavy (non-hydrogen) atoms. The molecule has 4 aromatic rings. The molecule has 10 nitrogen and oxygen atoms in total. The largest absolute Gasteiger partial charge is 0.326 e. The molecule has 4 rings (SSSR count). The van der Waals surface area contributed by atoms with Gasteiger partial charge in [-0.2, -0.15) is 10.2 Å². The fourth-order valence-corrected chi connectivity index (χ4v) is 3.69. The van der Waals surface area contributed by atoms with Crippen molar-refractivity contribution in [2.24, 2.45) is 0 Å². The molecule has 10 heteroatoms. The summed E-state index contributed by atoms with van der Waals surface area (Å²) < 4.78 is 3.31. The Bertz CT molecular complexity index is 1290. The number of carbonyl (C=O) groups is 2. The van der Waals surface area contributed by atoms with Crippen LogP contribution in [-0.2, 0) is 16.0 Å². The molecule has 2 amide bonds. The monoisotopic (exact) mass is 446 g/mol. The van der Waals surface area contributed by atoms with Crippen LogP contribution in [0, 0.1) is 20.8 Å². The summed E-state index contributed by atoms with van der Waals surface area (Å²) in [5.41, 5.74) is 5.95. The average molecular weight is 447 g/mol. The number of anilines is 2. The van der Waals surface area contributed by atoms with Crippen molar-refractivity contribution in [1.82, 2.24) is 29.4 Å². The fourth-order valence-electron chi connectivity index (χ4n) is 3.69. The summed E-state index contributed by atoms with van der Waals surface area (Å²) in [5.74, 6) is -0.303. The van der Waals surface area contributed by atoms with Gasteiger partial charge in [0.2, 0.25) is 11.8 Å². The minimum atomic E-state index is -0.488. The van der Waals surface area contributed by atoms with Gasteiger partial charge in [0, 0.05) is 35.2 Å². The summed E-state index contributed by atoms with van der Waals surface area (Å²) in [6, 6.07) is 8.45. The molecule has 2 N–H and O–H groups in total. The Balaban J connectivity index is 1.34. The molecule has 1 unspecified atom stereocenters. The maximum absolute atomic E-state index is 12.5. The van der Waals surface area contributed by atoms with Gasteiger partial charge in [-0.1, -0.05) is 0 Å². The molecule has 3 heterocycles. The number of rotatable bonds is 7. The van der Waals surface area contributed by atoms with Crippen molar-refractivity contribution in [1.29, 1.82) is 0 Å². The second-order valence-corrected chi connectivity index (χ2v) is 7.98. The molecular weight excluding hydrogens is 420 g/mol. The lowest BCUT2D eigenvalue weighted by Crippen LogP contribution is -2.24. The summed E-state index contributed by atoms with van der Waals surface area (Å²) in [5, 5.41) is 14.2. The number of nitrogens with zero attached hydrogens (tertiary/aromatic N) is 6. The second kappa shape index (κ2) is 9.19. The first-order chi connectivity index (χ1) is 15.8. The Morgan fingerprint density at radius 2 is 1.76 bits per heavy atom. The highest BCUT2D eigenvalue weighted by atomic mass is 16.2. The molecule has 0 saturated carbocycles. The van der Waals surface area contributed by atoms with E-state index in [9.17, 15) is 9.59 Å². The number of hydrogen-bond acceptors (Lipinski definition) is 6. The predicted molar refractivity (Wildman–Crippen MR) is 124 cm³/mol. The normalized spacial score (nSPS) is 12.0. The molecule has 0 bridgehead atoms. The van der Waals surface area contributed by atoms with E-state index in [0.717, 1.165) is 28.3 Å². The molecule has 1 atom stereocenters. The molecule has 0 saturated heterocycles. The van der Waals surface area contributed by atoms with Gasteiger partial charge in [0.1, 0.15) is 18.7 Å². The van der Waals surface area contributed by atoms with Crippen molar-refractivity contribution < 1.29 is 9.59 Å². The van der Waals surface area contributed by atoms with E-state index in [0.29, 0.717) is 24.2 Å². The lowest BCUT2D eigenvalue weighted by Gasteiger charge is -2.13. The van der Waals surface area contributed by atoms with Gasteiger partial charge >= 0.3 is 0 Å². The Labute approximate surface area is 191 Å². The third kappa shape index (κ3) is 4.89. The SMILES string of the molecule is Cc1cc2nc(C)c(CCC(=O)Nc3ccc(NC(=O)C(C)n4cncn4)cc3)c(C)n2n1. The Kier molecular flexibility index (Phi) is 6.16. The van der Waals surface area contributed by atoms with E-state index < -0.39 is 6.04 Å². The van der Waals surface area contributed by atoms with Crippen LogP contribution in [-0.4, -0.2) is 41.2 Å². The van der Waals surface area contributed by atoms with Crippen LogP contribution < -0.4 is 10.6 Å². The standard InChI is InChI=1S/C23H26N8O2/c1-14-11-21-26-15(2)20(16(3)31(21)29-14)9-10-22(32)27-18-5-7-19(8-6-18)28-23(33)17(4)30-13-24-12-25-30/h5-8,11-13,17H,9-10H2,1-4H3,(H,27,32)(H,28,33). The van der Waals surface area contributed by atoms with E-state index in [1.807, 2.05) is 31.4 Å². The van der Waals surface area contributed by atoms with Gasteiger partial charge in [-0.15, -0.1) is 0 Å². The molecule has 0 aliphatic carbocycles. The first kappa shape index (κ1) is 22.1. The maximum Gasteiger partial charge on any atom is 0.249 e. The first-order valence-corrected chi connectivity index (χ1v) is 10.7. The fraction of sp³-hybridized carbons (Fsp3) is 0.304. The van der Waals surface area contributed by atoms with Crippen molar-refractivity contribution >= 4 is 28.8 Å². The van der Waals surface area contributed by atoms with E-state index in [-0.39, 0.29) is 11.8 Å². The number of nitrogens with one attached hydrogen (secondary N) is 2. The van der Waals surface area contributed by atoms with E-state index >= 15 is 0 Å². The molecule has 3 aromatic heterocycles. The molecular formula is C23H26N8O2. The van der Waals surface area contributed by atoms with Crippen molar-refractivity contribution in [3.63, 3.8) is 0 Å².